The molecular weight excluding hydrogens is 518 g/mol. The van der Waals surface area contributed by atoms with Crippen LogP contribution in [0.1, 0.15) is 55.8 Å². The Morgan fingerprint density at radius 1 is 1.07 bits per heavy atom. The van der Waals surface area contributed by atoms with Crippen LogP contribution in [0.15, 0.2) is 62.1 Å². The summed E-state index contributed by atoms with van der Waals surface area (Å²) in [6.07, 6.45) is 18.2. The zero-order valence-corrected chi connectivity index (χ0v) is 25.5. The molecule has 1 saturated carbocycles. The highest BCUT2D eigenvalue weighted by Crippen LogP contribution is 2.30. The van der Waals surface area contributed by atoms with Crippen LogP contribution in [0.2, 0.25) is 0 Å². The van der Waals surface area contributed by atoms with Crippen LogP contribution < -0.4 is 15.9 Å². The van der Waals surface area contributed by atoms with Gasteiger partial charge in [-0.2, -0.15) is 5.10 Å². The molecular formula is C35H45N7. The molecule has 0 aromatic carbocycles. The van der Waals surface area contributed by atoms with Crippen molar-refractivity contribution in [2.24, 2.45) is 5.92 Å². The van der Waals surface area contributed by atoms with Crippen molar-refractivity contribution in [3.8, 4) is 11.4 Å². The lowest BCUT2D eigenvalue weighted by atomic mass is 9.87. The van der Waals surface area contributed by atoms with Crippen molar-refractivity contribution in [2.75, 3.05) is 38.5 Å². The van der Waals surface area contributed by atoms with Crippen molar-refractivity contribution in [1.29, 1.82) is 0 Å². The van der Waals surface area contributed by atoms with E-state index in [9.17, 15) is 0 Å². The van der Waals surface area contributed by atoms with Crippen LogP contribution in [0, 0.1) is 12.8 Å². The third kappa shape index (κ3) is 6.52. The maximum atomic E-state index is 4.74. The first-order valence-corrected chi connectivity index (χ1v) is 15.2. The van der Waals surface area contributed by atoms with Gasteiger partial charge in [-0.05, 0) is 69.5 Å². The van der Waals surface area contributed by atoms with Gasteiger partial charge in [-0.15, -0.1) is 0 Å². The number of H-pyrrole nitrogens is 2. The molecule has 3 aromatic rings. The van der Waals surface area contributed by atoms with Gasteiger partial charge in [-0.25, -0.2) is 0 Å². The van der Waals surface area contributed by atoms with Crippen molar-refractivity contribution in [2.45, 2.75) is 46.0 Å². The first-order chi connectivity index (χ1) is 20.4. The quantitative estimate of drug-likeness (QED) is 0.292. The second-order valence-corrected chi connectivity index (χ2v) is 11.6. The van der Waals surface area contributed by atoms with Crippen molar-refractivity contribution in [3.63, 3.8) is 0 Å². The second-order valence-electron chi connectivity index (χ2n) is 11.6. The molecule has 7 heteroatoms. The number of anilines is 1. The third-order valence-corrected chi connectivity index (χ3v) is 8.62. The van der Waals surface area contributed by atoms with Gasteiger partial charge in [-0.3, -0.25) is 10.1 Å². The van der Waals surface area contributed by atoms with Gasteiger partial charge in [0.25, 0.3) is 0 Å². The fourth-order valence-corrected chi connectivity index (χ4v) is 6.09. The highest BCUT2D eigenvalue weighted by molar-refractivity contribution is 5.88. The molecule has 4 heterocycles. The molecule has 0 unspecified atom stereocenters. The minimum atomic E-state index is 0.528. The summed E-state index contributed by atoms with van der Waals surface area (Å²) < 4.78 is 0. The Morgan fingerprint density at radius 2 is 1.83 bits per heavy atom. The molecule has 7 nitrogen and oxygen atoms in total. The highest BCUT2D eigenvalue weighted by Gasteiger charge is 2.21. The average molecular weight is 564 g/mol. The average Bonchev–Trinajstić information content (AvgIpc) is 3.59. The molecule has 1 saturated heterocycles. The molecule has 1 aliphatic heterocycles. The molecule has 3 aromatic heterocycles. The smallest absolute Gasteiger partial charge is 0.116 e. The van der Waals surface area contributed by atoms with Crippen LogP contribution in [-0.2, 0) is 0 Å². The Kier molecular flexibility index (Phi) is 9.28. The first kappa shape index (κ1) is 29.4. The van der Waals surface area contributed by atoms with Crippen LogP contribution in [0.25, 0.3) is 34.8 Å². The van der Waals surface area contributed by atoms with E-state index in [1.807, 2.05) is 31.5 Å². The minimum absolute atomic E-state index is 0.528. The molecule has 0 atom stereocenters. The fraction of sp³-hybridized carbons (Fsp3) is 0.371. The number of hydrogen-bond acceptors (Lipinski definition) is 5. The summed E-state index contributed by atoms with van der Waals surface area (Å²) in [5, 5.41) is 13.4. The Labute approximate surface area is 250 Å². The fourth-order valence-electron chi connectivity index (χ4n) is 6.09. The molecule has 0 radical (unpaired) electrons. The molecule has 0 spiro atoms. The number of rotatable bonds is 9. The zero-order valence-electron chi connectivity index (χ0n) is 25.5. The van der Waals surface area contributed by atoms with E-state index in [1.54, 1.807) is 0 Å². The third-order valence-electron chi connectivity index (χ3n) is 8.62. The maximum Gasteiger partial charge on any atom is 0.116 e. The number of allylic oxidation sites excluding steroid dienone is 4. The van der Waals surface area contributed by atoms with Gasteiger partial charge in [0.15, 0.2) is 0 Å². The van der Waals surface area contributed by atoms with Gasteiger partial charge in [0, 0.05) is 65.8 Å². The lowest BCUT2D eigenvalue weighted by Gasteiger charge is -2.35. The zero-order chi connectivity index (χ0) is 29.6. The van der Waals surface area contributed by atoms with Crippen LogP contribution in [-0.4, -0.2) is 63.2 Å². The van der Waals surface area contributed by atoms with Crippen LogP contribution >= 0.6 is 0 Å². The van der Waals surface area contributed by atoms with Crippen LogP contribution in [0.4, 0.5) is 5.69 Å². The Morgan fingerprint density at radius 3 is 2.55 bits per heavy atom. The van der Waals surface area contributed by atoms with Crippen molar-refractivity contribution < 1.29 is 0 Å². The standard InChI is InChI=1S/C35H45N7/c1-7-12-34(42-17-15-41(6)16-18-42)30-21-33(38-26(30)5)35-31(32(8-2)39-40-35)19-24(3)28-20-29(23-36-22-28)37-25(4)27-13-10-9-11-14-27/h7-8,12,19-23,27,37-39H,1,3-4,9-11,13-18H2,2,5-6H3/b31-19+,32-8+,34-12+. The van der Waals surface area contributed by atoms with Crippen LogP contribution in [0.3, 0.4) is 0 Å². The number of hydrogen-bond donors (Lipinski definition) is 3. The number of likely N-dealkylation sites (N-methyl/N-ethyl adjacent to an activating group) is 1. The monoisotopic (exact) mass is 563 g/mol. The number of aromatic nitrogens is 4. The van der Waals surface area contributed by atoms with Crippen LogP contribution in [0.5, 0.6) is 0 Å². The molecule has 0 bridgehead atoms. The summed E-state index contributed by atoms with van der Waals surface area (Å²) in [5.74, 6) is 0.528. The molecule has 5 rings (SSSR count). The summed E-state index contributed by atoms with van der Waals surface area (Å²) in [6.45, 7) is 21.0. The number of nitrogens with one attached hydrogen (secondary N) is 3. The Hall–Kier alpha value is -4.10. The second kappa shape index (κ2) is 13.3. The lowest BCUT2D eigenvalue weighted by molar-refractivity contribution is 0.207. The van der Waals surface area contributed by atoms with Gasteiger partial charge in [-0.1, -0.05) is 51.2 Å². The summed E-state index contributed by atoms with van der Waals surface area (Å²) in [6, 6.07) is 4.32. The van der Waals surface area contributed by atoms with E-state index in [0.29, 0.717) is 5.92 Å². The summed E-state index contributed by atoms with van der Waals surface area (Å²) in [4.78, 5) is 12.9. The Bertz CT molecular complexity index is 1590. The minimum Gasteiger partial charge on any atom is -0.368 e. The van der Waals surface area contributed by atoms with E-state index in [1.165, 1.54) is 43.4 Å². The lowest BCUT2D eigenvalue weighted by Crippen LogP contribution is -2.43. The number of aryl methyl sites for hydroxylation is 1. The highest BCUT2D eigenvalue weighted by atomic mass is 15.3. The Balaban J connectivity index is 1.44. The summed E-state index contributed by atoms with van der Waals surface area (Å²) in [5.41, 5.74) is 9.16. The molecule has 220 valence electrons. The van der Waals surface area contributed by atoms with E-state index in [2.05, 4.69) is 88.2 Å². The summed E-state index contributed by atoms with van der Waals surface area (Å²) >= 11 is 0. The van der Waals surface area contributed by atoms with E-state index in [4.69, 9.17) is 5.10 Å². The van der Waals surface area contributed by atoms with Crippen molar-refractivity contribution in [1.82, 2.24) is 30.0 Å². The van der Waals surface area contributed by atoms with Gasteiger partial charge in [0.1, 0.15) is 5.69 Å². The first-order valence-electron chi connectivity index (χ1n) is 15.2. The van der Waals surface area contributed by atoms with Gasteiger partial charge < -0.3 is 20.1 Å². The number of piperazine rings is 1. The van der Waals surface area contributed by atoms with Crippen molar-refractivity contribution in [3.05, 3.63) is 89.5 Å². The maximum absolute atomic E-state index is 4.74. The van der Waals surface area contributed by atoms with Gasteiger partial charge in [0.2, 0.25) is 0 Å². The van der Waals surface area contributed by atoms with Gasteiger partial charge >= 0.3 is 0 Å². The van der Waals surface area contributed by atoms with E-state index in [-0.39, 0.29) is 0 Å². The largest absolute Gasteiger partial charge is 0.368 e. The van der Waals surface area contributed by atoms with Crippen molar-refractivity contribution >= 4 is 29.1 Å². The molecule has 3 N–H and O–H groups in total. The van der Waals surface area contributed by atoms with E-state index >= 15 is 0 Å². The molecule has 0 amide bonds. The summed E-state index contributed by atoms with van der Waals surface area (Å²) in [7, 11) is 2.18. The normalized spacial score (nSPS) is 18.0. The molecule has 1 aliphatic carbocycles. The number of pyridine rings is 1. The predicted molar refractivity (Wildman–Crippen MR) is 177 cm³/mol. The molecule has 42 heavy (non-hydrogen) atoms. The number of aromatic amines is 2. The molecule has 2 aliphatic rings. The van der Waals surface area contributed by atoms with E-state index in [0.717, 1.165) is 76.3 Å². The predicted octanol–water partition coefficient (Wildman–Crippen LogP) is 5.68. The number of nitrogens with zero attached hydrogens (tertiary/aromatic N) is 4. The van der Waals surface area contributed by atoms with Gasteiger partial charge in [0.05, 0.1) is 22.9 Å². The van der Waals surface area contributed by atoms with E-state index < -0.39 is 0 Å². The topological polar surface area (TPSA) is 75.9 Å². The molecule has 2 fully saturated rings. The SMILES string of the molecule is C=C/C=C(\c1cc(-c2n[nH]c(=C/C)/c2=C\C(=C)c2cncc(NC(=C)C3CCCCC3)c2)[nH]c1C)N1CCN(C)CC1.